The quantitative estimate of drug-likeness (QED) is 0.644. The third-order valence-corrected chi connectivity index (χ3v) is 6.29. The van der Waals surface area contributed by atoms with Gasteiger partial charge in [0.15, 0.2) is 0 Å². The van der Waals surface area contributed by atoms with Crippen LogP contribution < -0.4 is 0 Å². The number of piperidine rings is 1. The Morgan fingerprint density at radius 3 is 3.00 bits per heavy atom. The van der Waals surface area contributed by atoms with Crippen LogP contribution in [0.1, 0.15) is 46.7 Å². The van der Waals surface area contributed by atoms with Gasteiger partial charge in [-0.3, -0.25) is 4.79 Å². The SMILES string of the molecule is CCc1csc(C2CCCN(C(=O)c3cnn(-c4ccccc4Cl)c3)C2)n1. The molecule has 0 N–H and O–H groups in total. The topological polar surface area (TPSA) is 51.0 Å². The summed E-state index contributed by atoms with van der Waals surface area (Å²) in [6.07, 6.45) is 6.40. The highest BCUT2D eigenvalue weighted by atomic mass is 35.5. The predicted molar refractivity (Wildman–Crippen MR) is 108 cm³/mol. The fraction of sp³-hybridized carbons (Fsp3) is 0.350. The molecule has 1 amide bonds. The number of likely N-dealkylation sites (tertiary alicyclic amines) is 1. The van der Waals surface area contributed by atoms with Gasteiger partial charge in [0, 0.05) is 30.6 Å². The highest BCUT2D eigenvalue weighted by molar-refractivity contribution is 7.09. The summed E-state index contributed by atoms with van der Waals surface area (Å²) in [7, 11) is 0. The molecule has 1 atom stereocenters. The Balaban J connectivity index is 1.50. The number of hydrogen-bond donors (Lipinski definition) is 0. The molecule has 2 aromatic heterocycles. The van der Waals surface area contributed by atoms with E-state index in [1.165, 1.54) is 0 Å². The normalized spacial score (nSPS) is 17.3. The van der Waals surface area contributed by atoms with Gasteiger partial charge < -0.3 is 4.90 Å². The van der Waals surface area contributed by atoms with Gasteiger partial charge in [0.1, 0.15) is 0 Å². The van der Waals surface area contributed by atoms with Crippen molar-refractivity contribution in [3.05, 3.63) is 63.3 Å². The maximum absolute atomic E-state index is 13.0. The molecule has 4 rings (SSSR count). The molecule has 1 aliphatic heterocycles. The van der Waals surface area contributed by atoms with Crippen LogP contribution in [0, 0.1) is 0 Å². The molecule has 5 nitrogen and oxygen atoms in total. The van der Waals surface area contributed by atoms with Crippen molar-refractivity contribution < 1.29 is 4.79 Å². The lowest BCUT2D eigenvalue weighted by Crippen LogP contribution is -2.39. The maximum Gasteiger partial charge on any atom is 0.257 e. The summed E-state index contributed by atoms with van der Waals surface area (Å²) in [5.41, 5.74) is 2.49. The Kier molecular flexibility index (Phi) is 5.27. The minimum atomic E-state index is 0.0188. The standard InChI is InChI=1S/C20H21ClN4OS/c1-2-16-13-27-19(23-16)14-6-5-9-24(11-14)20(26)15-10-22-25(12-15)18-8-4-3-7-17(18)21/h3-4,7-8,10,12-14H,2,5-6,9,11H2,1H3. The number of halogens is 1. The van der Waals surface area contributed by atoms with Crippen LogP contribution in [0.4, 0.5) is 0 Å². The van der Waals surface area contributed by atoms with E-state index >= 15 is 0 Å². The largest absolute Gasteiger partial charge is 0.338 e. The van der Waals surface area contributed by atoms with Crippen LogP contribution in [0.2, 0.25) is 5.02 Å². The molecule has 1 aromatic carbocycles. The molecule has 1 fully saturated rings. The van der Waals surface area contributed by atoms with E-state index in [4.69, 9.17) is 16.6 Å². The first kappa shape index (κ1) is 18.2. The van der Waals surface area contributed by atoms with E-state index in [1.807, 2.05) is 29.2 Å². The van der Waals surface area contributed by atoms with Crippen LogP contribution in [0.25, 0.3) is 5.69 Å². The van der Waals surface area contributed by atoms with Gasteiger partial charge in [0.05, 0.1) is 33.2 Å². The molecule has 3 aromatic rings. The molecule has 0 radical (unpaired) electrons. The first-order valence-corrected chi connectivity index (χ1v) is 10.4. The molecular formula is C20H21ClN4OS. The van der Waals surface area contributed by atoms with Crippen LogP contribution in [0.15, 0.2) is 42.0 Å². The molecule has 0 aliphatic carbocycles. The number of thiazole rings is 1. The molecule has 1 unspecified atom stereocenters. The Labute approximate surface area is 167 Å². The number of rotatable bonds is 4. The van der Waals surface area contributed by atoms with Gasteiger partial charge in [0.25, 0.3) is 5.91 Å². The second-order valence-corrected chi connectivity index (χ2v) is 8.04. The minimum Gasteiger partial charge on any atom is -0.338 e. The average molecular weight is 401 g/mol. The van der Waals surface area contributed by atoms with Crippen molar-refractivity contribution in [1.82, 2.24) is 19.7 Å². The zero-order chi connectivity index (χ0) is 18.8. The fourth-order valence-corrected chi connectivity index (χ4v) is 4.67. The smallest absolute Gasteiger partial charge is 0.257 e. The van der Waals surface area contributed by atoms with Crippen molar-refractivity contribution >= 4 is 28.8 Å². The highest BCUT2D eigenvalue weighted by Gasteiger charge is 2.28. The number of benzene rings is 1. The Hall–Kier alpha value is -2.18. The number of nitrogens with zero attached hydrogens (tertiary/aromatic N) is 4. The first-order chi connectivity index (χ1) is 13.2. The van der Waals surface area contributed by atoms with Crippen molar-refractivity contribution in [2.45, 2.75) is 32.1 Å². The zero-order valence-electron chi connectivity index (χ0n) is 15.1. The van der Waals surface area contributed by atoms with E-state index < -0.39 is 0 Å². The van der Waals surface area contributed by atoms with Gasteiger partial charge in [-0.15, -0.1) is 11.3 Å². The second kappa shape index (κ2) is 7.82. The van der Waals surface area contributed by atoms with Crippen molar-refractivity contribution in [1.29, 1.82) is 0 Å². The van der Waals surface area contributed by atoms with Crippen LogP contribution in [-0.2, 0) is 6.42 Å². The summed E-state index contributed by atoms with van der Waals surface area (Å²) in [6.45, 7) is 3.61. The number of hydrogen-bond acceptors (Lipinski definition) is 4. The highest BCUT2D eigenvalue weighted by Crippen LogP contribution is 2.30. The van der Waals surface area contributed by atoms with Crippen LogP contribution in [0.3, 0.4) is 0 Å². The fourth-order valence-electron chi connectivity index (χ4n) is 3.42. The van der Waals surface area contributed by atoms with Crippen molar-refractivity contribution in [3.63, 3.8) is 0 Å². The summed E-state index contributed by atoms with van der Waals surface area (Å²) < 4.78 is 1.66. The number of aromatic nitrogens is 3. The van der Waals surface area contributed by atoms with Crippen molar-refractivity contribution in [3.8, 4) is 5.69 Å². The second-order valence-electron chi connectivity index (χ2n) is 6.75. The first-order valence-electron chi connectivity index (χ1n) is 9.19. The third kappa shape index (κ3) is 3.77. The molecule has 0 spiro atoms. The van der Waals surface area contributed by atoms with E-state index in [0.717, 1.165) is 42.2 Å². The van der Waals surface area contributed by atoms with Gasteiger partial charge in [0.2, 0.25) is 0 Å². The van der Waals surface area contributed by atoms with Gasteiger partial charge in [-0.05, 0) is 31.4 Å². The molecule has 7 heteroatoms. The molecular weight excluding hydrogens is 380 g/mol. The predicted octanol–water partition coefficient (Wildman–Crippen LogP) is 4.56. The molecule has 140 valence electrons. The lowest BCUT2D eigenvalue weighted by molar-refractivity contribution is 0.0707. The lowest BCUT2D eigenvalue weighted by Gasteiger charge is -2.31. The van der Waals surface area contributed by atoms with Gasteiger partial charge in [-0.1, -0.05) is 30.7 Å². The minimum absolute atomic E-state index is 0.0188. The third-order valence-electron chi connectivity index (χ3n) is 4.92. The molecule has 0 bridgehead atoms. The summed E-state index contributed by atoms with van der Waals surface area (Å²) >= 11 is 7.95. The average Bonchev–Trinajstić information content (AvgIpc) is 3.38. The van der Waals surface area contributed by atoms with Crippen LogP contribution in [-0.4, -0.2) is 38.7 Å². The van der Waals surface area contributed by atoms with Gasteiger partial charge >= 0.3 is 0 Å². The van der Waals surface area contributed by atoms with Gasteiger partial charge in [-0.25, -0.2) is 9.67 Å². The van der Waals surface area contributed by atoms with Crippen LogP contribution >= 0.6 is 22.9 Å². The van der Waals surface area contributed by atoms with Crippen molar-refractivity contribution in [2.75, 3.05) is 13.1 Å². The summed E-state index contributed by atoms with van der Waals surface area (Å²) in [5.74, 6) is 0.344. The van der Waals surface area contributed by atoms with Crippen molar-refractivity contribution in [2.24, 2.45) is 0 Å². The summed E-state index contributed by atoms with van der Waals surface area (Å²) in [6, 6.07) is 7.47. The van der Waals surface area contributed by atoms with E-state index in [1.54, 1.807) is 28.4 Å². The molecule has 27 heavy (non-hydrogen) atoms. The molecule has 3 heterocycles. The van der Waals surface area contributed by atoms with Gasteiger partial charge in [-0.2, -0.15) is 5.10 Å². The monoisotopic (exact) mass is 400 g/mol. The maximum atomic E-state index is 13.0. The molecule has 0 saturated carbocycles. The number of amides is 1. The number of carbonyl (C=O) groups is 1. The van der Waals surface area contributed by atoms with E-state index in [-0.39, 0.29) is 5.91 Å². The van der Waals surface area contributed by atoms with E-state index in [9.17, 15) is 4.79 Å². The Morgan fingerprint density at radius 1 is 1.37 bits per heavy atom. The van der Waals surface area contributed by atoms with E-state index in [0.29, 0.717) is 23.0 Å². The summed E-state index contributed by atoms with van der Waals surface area (Å²) in [5, 5.41) is 8.21. The lowest BCUT2D eigenvalue weighted by atomic mass is 9.98. The zero-order valence-corrected chi connectivity index (χ0v) is 16.7. The number of aryl methyl sites for hydroxylation is 1. The number of carbonyl (C=O) groups excluding carboxylic acids is 1. The number of para-hydroxylation sites is 1. The van der Waals surface area contributed by atoms with E-state index in [2.05, 4.69) is 17.4 Å². The molecule has 1 saturated heterocycles. The van der Waals surface area contributed by atoms with Crippen LogP contribution in [0.5, 0.6) is 0 Å². The Bertz CT molecular complexity index is 951. The summed E-state index contributed by atoms with van der Waals surface area (Å²) in [4.78, 5) is 19.6. The molecule has 1 aliphatic rings. The Morgan fingerprint density at radius 2 is 2.22 bits per heavy atom.